The Labute approximate surface area is 122 Å². The predicted molar refractivity (Wildman–Crippen MR) is 81.4 cm³/mol. The van der Waals surface area contributed by atoms with Crippen LogP contribution in [0.2, 0.25) is 0 Å². The zero-order valence-corrected chi connectivity index (χ0v) is 11.4. The van der Waals surface area contributed by atoms with Gasteiger partial charge in [0.25, 0.3) is 6.47 Å². The maximum Gasteiger partial charge on any atom is 0.298 e. The van der Waals surface area contributed by atoms with E-state index in [0.717, 1.165) is 22.1 Å². The summed E-state index contributed by atoms with van der Waals surface area (Å²) in [4.78, 5) is 10.3. The van der Waals surface area contributed by atoms with Crippen LogP contribution in [0.15, 0.2) is 66.7 Å². The van der Waals surface area contributed by atoms with Crippen molar-refractivity contribution in [3.05, 3.63) is 72.3 Å². The van der Waals surface area contributed by atoms with Crippen molar-refractivity contribution in [3.63, 3.8) is 0 Å². The molecule has 0 spiro atoms. The van der Waals surface area contributed by atoms with Crippen molar-refractivity contribution >= 4 is 17.2 Å². The number of carbonyl (C=O) groups excluding carboxylic acids is 1. The lowest BCUT2D eigenvalue weighted by atomic mass is 10.1. The lowest BCUT2D eigenvalue weighted by molar-refractivity contribution is -0.120. The molecule has 0 saturated carbocycles. The molecule has 0 aliphatic rings. The standard InChI is InChI=1S/C18H14O3/c19-13-21-18-9-7-15-10-17(8-6-16(15)11-18)20-12-14-4-2-1-3-5-14/h1-11,13H,12H2. The van der Waals surface area contributed by atoms with Crippen molar-refractivity contribution in [1.82, 2.24) is 0 Å². The molecule has 3 rings (SSSR count). The number of hydrogen-bond acceptors (Lipinski definition) is 3. The first-order valence-electron chi connectivity index (χ1n) is 6.66. The number of benzene rings is 3. The number of fused-ring (bicyclic) bond motifs is 1. The molecule has 0 fully saturated rings. The van der Waals surface area contributed by atoms with Gasteiger partial charge >= 0.3 is 0 Å². The van der Waals surface area contributed by atoms with Crippen LogP contribution in [0.3, 0.4) is 0 Å². The van der Waals surface area contributed by atoms with Gasteiger partial charge in [-0.05, 0) is 40.6 Å². The first kappa shape index (κ1) is 13.2. The van der Waals surface area contributed by atoms with Gasteiger partial charge in [-0.3, -0.25) is 4.79 Å². The zero-order valence-electron chi connectivity index (χ0n) is 11.4. The summed E-state index contributed by atoms with van der Waals surface area (Å²) < 4.78 is 10.6. The highest BCUT2D eigenvalue weighted by Gasteiger charge is 2.01. The van der Waals surface area contributed by atoms with E-state index in [1.807, 2.05) is 60.7 Å². The zero-order chi connectivity index (χ0) is 14.5. The minimum absolute atomic E-state index is 0.429. The van der Waals surface area contributed by atoms with Crippen LogP contribution in [-0.2, 0) is 11.4 Å². The minimum Gasteiger partial charge on any atom is -0.489 e. The molecule has 21 heavy (non-hydrogen) atoms. The topological polar surface area (TPSA) is 35.5 Å². The van der Waals surface area contributed by atoms with E-state index in [4.69, 9.17) is 9.47 Å². The molecule has 3 heteroatoms. The molecule has 3 aromatic carbocycles. The average Bonchev–Trinajstić information content (AvgIpc) is 2.54. The van der Waals surface area contributed by atoms with E-state index >= 15 is 0 Å². The second-order valence-corrected chi connectivity index (χ2v) is 4.66. The van der Waals surface area contributed by atoms with Gasteiger partial charge in [-0.2, -0.15) is 0 Å². The summed E-state index contributed by atoms with van der Waals surface area (Å²) in [6.45, 7) is 0.969. The summed E-state index contributed by atoms with van der Waals surface area (Å²) in [6.07, 6.45) is 0. The second kappa shape index (κ2) is 6.09. The molecular weight excluding hydrogens is 264 g/mol. The molecule has 0 amide bonds. The Kier molecular flexibility index (Phi) is 3.83. The fourth-order valence-electron chi connectivity index (χ4n) is 2.16. The SMILES string of the molecule is O=COc1ccc2cc(OCc3ccccc3)ccc2c1. The van der Waals surface area contributed by atoms with E-state index in [0.29, 0.717) is 18.8 Å². The molecule has 0 heterocycles. The van der Waals surface area contributed by atoms with Crippen LogP contribution in [-0.4, -0.2) is 6.47 Å². The summed E-state index contributed by atoms with van der Waals surface area (Å²) in [5.74, 6) is 1.35. The molecule has 0 aromatic heterocycles. The number of rotatable bonds is 5. The van der Waals surface area contributed by atoms with E-state index in [1.54, 1.807) is 6.07 Å². The van der Waals surface area contributed by atoms with E-state index < -0.39 is 0 Å². The van der Waals surface area contributed by atoms with Gasteiger partial charge in [-0.15, -0.1) is 0 Å². The lowest BCUT2D eigenvalue weighted by Gasteiger charge is -2.08. The molecule has 0 radical (unpaired) electrons. The fourth-order valence-corrected chi connectivity index (χ4v) is 2.16. The quantitative estimate of drug-likeness (QED) is 0.663. The van der Waals surface area contributed by atoms with Crippen molar-refractivity contribution in [3.8, 4) is 11.5 Å². The molecular formula is C18H14O3. The molecule has 0 aliphatic heterocycles. The number of ether oxygens (including phenoxy) is 2. The summed E-state index contributed by atoms with van der Waals surface area (Å²) in [5.41, 5.74) is 1.13. The van der Waals surface area contributed by atoms with Gasteiger partial charge in [0.1, 0.15) is 18.1 Å². The number of carbonyl (C=O) groups is 1. The average molecular weight is 278 g/mol. The highest BCUT2D eigenvalue weighted by molar-refractivity contribution is 5.85. The predicted octanol–water partition coefficient (Wildman–Crippen LogP) is 3.95. The van der Waals surface area contributed by atoms with Crippen LogP contribution in [0, 0.1) is 0 Å². The van der Waals surface area contributed by atoms with Crippen molar-refractivity contribution in [2.24, 2.45) is 0 Å². The highest BCUT2D eigenvalue weighted by Crippen LogP contribution is 2.25. The third-order valence-corrected chi connectivity index (χ3v) is 3.22. The summed E-state index contributed by atoms with van der Waals surface area (Å²) in [7, 11) is 0. The maximum atomic E-state index is 10.3. The van der Waals surface area contributed by atoms with Gasteiger partial charge in [0.2, 0.25) is 0 Å². The molecule has 0 atom stereocenters. The Morgan fingerprint density at radius 2 is 1.48 bits per heavy atom. The molecule has 3 nitrogen and oxygen atoms in total. The van der Waals surface area contributed by atoms with Crippen molar-refractivity contribution in [2.45, 2.75) is 6.61 Å². The summed E-state index contributed by atoms with van der Waals surface area (Å²) in [5, 5.41) is 2.04. The van der Waals surface area contributed by atoms with E-state index in [1.165, 1.54) is 0 Å². The fraction of sp³-hybridized carbons (Fsp3) is 0.0556. The molecule has 0 N–H and O–H groups in total. The van der Waals surface area contributed by atoms with Crippen molar-refractivity contribution in [2.75, 3.05) is 0 Å². The molecule has 104 valence electrons. The van der Waals surface area contributed by atoms with Crippen LogP contribution in [0.1, 0.15) is 5.56 Å². The largest absolute Gasteiger partial charge is 0.489 e. The Bertz CT molecular complexity index is 751. The molecule has 0 bridgehead atoms. The molecule has 3 aromatic rings. The third kappa shape index (κ3) is 3.20. The normalized spacial score (nSPS) is 10.3. The second-order valence-electron chi connectivity index (χ2n) is 4.66. The summed E-state index contributed by atoms with van der Waals surface area (Å²) in [6, 6.07) is 21.4. The van der Waals surface area contributed by atoms with Crippen molar-refractivity contribution < 1.29 is 14.3 Å². The van der Waals surface area contributed by atoms with Crippen LogP contribution < -0.4 is 9.47 Å². The van der Waals surface area contributed by atoms with E-state index in [2.05, 4.69) is 0 Å². The van der Waals surface area contributed by atoms with Crippen molar-refractivity contribution in [1.29, 1.82) is 0 Å². The van der Waals surface area contributed by atoms with Crippen LogP contribution in [0.5, 0.6) is 11.5 Å². The van der Waals surface area contributed by atoms with Crippen LogP contribution in [0.4, 0.5) is 0 Å². The lowest BCUT2D eigenvalue weighted by Crippen LogP contribution is -1.94. The van der Waals surface area contributed by atoms with Gasteiger partial charge < -0.3 is 9.47 Å². The van der Waals surface area contributed by atoms with Crippen LogP contribution >= 0.6 is 0 Å². The van der Waals surface area contributed by atoms with Crippen LogP contribution in [0.25, 0.3) is 10.8 Å². The van der Waals surface area contributed by atoms with Gasteiger partial charge in [0.05, 0.1) is 0 Å². The molecule has 0 saturated heterocycles. The van der Waals surface area contributed by atoms with Gasteiger partial charge in [0.15, 0.2) is 0 Å². The third-order valence-electron chi connectivity index (χ3n) is 3.22. The molecule has 0 unspecified atom stereocenters. The van der Waals surface area contributed by atoms with Gasteiger partial charge in [-0.1, -0.05) is 42.5 Å². The number of hydrogen-bond donors (Lipinski definition) is 0. The minimum atomic E-state index is 0.429. The van der Waals surface area contributed by atoms with E-state index in [9.17, 15) is 4.79 Å². The maximum absolute atomic E-state index is 10.3. The van der Waals surface area contributed by atoms with Gasteiger partial charge in [0, 0.05) is 0 Å². The Hall–Kier alpha value is -2.81. The van der Waals surface area contributed by atoms with E-state index in [-0.39, 0.29) is 0 Å². The summed E-state index contributed by atoms with van der Waals surface area (Å²) >= 11 is 0. The Balaban J connectivity index is 1.78. The first-order valence-corrected chi connectivity index (χ1v) is 6.66. The first-order chi connectivity index (χ1) is 10.3. The highest BCUT2D eigenvalue weighted by atomic mass is 16.5. The molecule has 0 aliphatic carbocycles. The Morgan fingerprint density at radius 3 is 2.19 bits per heavy atom. The smallest absolute Gasteiger partial charge is 0.298 e. The Morgan fingerprint density at radius 1 is 0.810 bits per heavy atom. The monoisotopic (exact) mass is 278 g/mol. The van der Waals surface area contributed by atoms with Gasteiger partial charge in [-0.25, -0.2) is 0 Å².